The molecule has 0 spiro atoms. The van der Waals surface area contributed by atoms with E-state index >= 15 is 0 Å². The number of aryl methyl sites for hydroxylation is 1. The number of para-hydroxylation sites is 6. The van der Waals surface area contributed by atoms with Crippen LogP contribution in [-0.2, 0) is 0 Å². The first-order valence-electron chi connectivity index (χ1n) is 26.0. The van der Waals surface area contributed by atoms with Gasteiger partial charge in [0.15, 0.2) is 0 Å². The molecule has 7 heterocycles. The van der Waals surface area contributed by atoms with Crippen LogP contribution in [0.2, 0.25) is 0 Å². The summed E-state index contributed by atoms with van der Waals surface area (Å²) >= 11 is 14.6. The summed E-state index contributed by atoms with van der Waals surface area (Å²) < 4.78 is 19.9. The van der Waals surface area contributed by atoms with Crippen LogP contribution in [0, 0.1) is 6.92 Å². The molecule has 0 amide bonds. The van der Waals surface area contributed by atoms with Crippen LogP contribution in [0.4, 0.5) is 49.1 Å². The lowest BCUT2D eigenvalue weighted by Gasteiger charge is -2.23. The van der Waals surface area contributed by atoms with Crippen LogP contribution in [0.1, 0.15) is 12.3 Å². The van der Waals surface area contributed by atoms with Crippen LogP contribution in [0.15, 0.2) is 252 Å². The molecule has 84 heavy (non-hydrogen) atoms. The van der Waals surface area contributed by atoms with E-state index in [2.05, 4.69) is 254 Å². The highest BCUT2D eigenvalue weighted by molar-refractivity contribution is 9.11. The van der Waals surface area contributed by atoms with Gasteiger partial charge in [-0.2, -0.15) is 17.5 Å². The molecule has 15 aromatic rings. The summed E-state index contributed by atoms with van der Waals surface area (Å²) in [5.41, 5.74) is 15.2. The van der Waals surface area contributed by atoms with Gasteiger partial charge in [0.1, 0.15) is 59.1 Å². The highest BCUT2D eigenvalue weighted by Crippen LogP contribution is 2.50. The van der Waals surface area contributed by atoms with Crippen molar-refractivity contribution in [3.8, 4) is 20.9 Å². The monoisotopic (exact) mass is 1310 g/mol. The molecule has 410 valence electrons. The van der Waals surface area contributed by atoms with Crippen molar-refractivity contribution in [1.82, 2.24) is 37.4 Å². The number of halogens is 2. The molecule has 8 aromatic carbocycles. The number of rotatable bonds is 11. The minimum atomic E-state index is 0. The molecular weight excluding hydrogens is 1270 g/mol. The van der Waals surface area contributed by atoms with Crippen molar-refractivity contribution >= 4 is 183 Å². The fraction of sp³-hybridized carbons (Fsp3) is 0.0303. The Labute approximate surface area is 522 Å². The summed E-state index contributed by atoms with van der Waals surface area (Å²) in [6, 6.07) is 75.8. The Morgan fingerprint density at radius 1 is 0.298 bits per heavy atom. The molecule has 0 radical (unpaired) electrons. The molecule has 0 bridgehead atoms. The van der Waals surface area contributed by atoms with E-state index in [1.807, 2.05) is 47.7 Å². The minimum Gasteiger partial charge on any atom is -0.302 e. The lowest BCUT2D eigenvalue weighted by atomic mass is 10.0. The molecular formula is C66H47Br2N11S5. The lowest BCUT2D eigenvalue weighted by Crippen LogP contribution is -2.07. The van der Waals surface area contributed by atoms with Gasteiger partial charge in [-0.1, -0.05) is 117 Å². The molecule has 0 atom stereocenters. The van der Waals surface area contributed by atoms with Gasteiger partial charge < -0.3 is 14.7 Å². The molecule has 0 aliphatic heterocycles. The predicted octanol–water partition coefficient (Wildman–Crippen LogP) is 21.4. The molecule has 15 rings (SSSR count). The fourth-order valence-electron chi connectivity index (χ4n) is 9.65. The number of benzene rings is 8. The SMILES string of the molecule is Brc1c2nccnc2c(Br)c2nsnc12.C.Cc1ccc(N(c2ccccc2)c2ccccc2)s1.c1ccc(N(c2ccccc2)c2ccc(-c3c4nccnc4c(-c4ccc(N(c5ccccc5)c5ccccc5)s4)c4nsnc34)s2)cc1. The fourth-order valence-corrected chi connectivity index (χ4v) is 15.2. The third-order valence-electron chi connectivity index (χ3n) is 13.3. The van der Waals surface area contributed by atoms with Crippen molar-refractivity contribution in [2.24, 2.45) is 0 Å². The molecule has 0 aliphatic carbocycles. The van der Waals surface area contributed by atoms with Gasteiger partial charge in [-0.3, -0.25) is 19.9 Å². The summed E-state index contributed by atoms with van der Waals surface area (Å²) in [5.74, 6) is 0. The maximum atomic E-state index is 4.94. The first-order valence-corrected chi connectivity index (χ1v) is 31.5. The predicted molar refractivity (Wildman–Crippen MR) is 363 cm³/mol. The van der Waals surface area contributed by atoms with Crippen LogP contribution in [0.5, 0.6) is 0 Å². The van der Waals surface area contributed by atoms with Gasteiger partial charge >= 0.3 is 0 Å². The van der Waals surface area contributed by atoms with E-state index in [4.69, 9.17) is 18.7 Å². The van der Waals surface area contributed by atoms with Crippen molar-refractivity contribution in [3.05, 3.63) is 257 Å². The highest BCUT2D eigenvalue weighted by atomic mass is 79.9. The molecule has 0 fully saturated rings. The van der Waals surface area contributed by atoms with Gasteiger partial charge in [0.05, 0.1) is 32.4 Å². The Kier molecular flexibility index (Phi) is 17.1. The van der Waals surface area contributed by atoms with E-state index in [0.717, 1.165) is 107 Å². The van der Waals surface area contributed by atoms with Gasteiger partial charge in [0.2, 0.25) is 0 Å². The Balaban J connectivity index is 0.000000161. The number of aromatic nitrogens is 8. The second-order valence-electron chi connectivity index (χ2n) is 18.5. The number of thiophene rings is 3. The lowest BCUT2D eigenvalue weighted by molar-refractivity contribution is 1.29. The standard InChI is InChI=1S/C40H26N6S3.C17H15NS.C8H2Br2N4S.CH4/c1-5-13-27(14-6-1)45(28-15-7-2-8-16-28)33-23-21-31(47-33)35-37-38(42-26-25-41-37)36(40-39(35)43-49-44-40)32-22-24-34(48-32)46(29-17-9-3-10-18-29)30-19-11-4-12-20-30;1-14-12-13-17(19-14)18(15-8-4-2-5-9-15)16-10-6-3-7-11-16;9-3-5-6(12-2-1-11-5)4(10)8-7(3)13-15-14-8;/h1-26H;2-13H,1H3;1-2H;1H4. The summed E-state index contributed by atoms with van der Waals surface area (Å²) in [6.07, 6.45) is 6.85. The van der Waals surface area contributed by atoms with E-state index in [9.17, 15) is 0 Å². The highest BCUT2D eigenvalue weighted by Gasteiger charge is 2.26. The zero-order valence-corrected chi connectivity index (χ0v) is 51.1. The van der Waals surface area contributed by atoms with Crippen LogP contribution in [0.25, 0.3) is 65.0 Å². The molecule has 0 N–H and O–H groups in total. The van der Waals surface area contributed by atoms with Crippen molar-refractivity contribution in [1.29, 1.82) is 0 Å². The minimum absolute atomic E-state index is 0. The van der Waals surface area contributed by atoms with E-state index in [1.54, 1.807) is 47.5 Å². The molecule has 11 nitrogen and oxygen atoms in total. The van der Waals surface area contributed by atoms with E-state index < -0.39 is 0 Å². The van der Waals surface area contributed by atoms with Gasteiger partial charge in [0, 0.05) is 84.7 Å². The number of hydrogen-bond donors (Lipinski definition) is 0. The van der Waals surface area contributed by atoms with Crippen molar-refractivity contribution < 1.29 is 0 Å². The Morgan fingerprint density at radius 3 is 0.869 bits per heavy atom. The topological polar surface area (TPSA) is 113 Å². The number of fused-ring (bicyclic) bond motifs is 4. The van der Waals surface area contributed by atoms with Gasteiger partial charge in [-0.15, -0.1) is 34.0 Å². The van der Waals surface area contributed by atoms with Crippen molar-refractivity contribution in [2.45, 2.75) is 14.4 Å². The summed E-state index contributed by atoms with van der Waals surface area (Å²) in [4.78, 5) is 28.7. The van der Waals surface area contributed by atoms with Crippen LogP contribution >= 0.6 is 89.3 Å². The Bertz CT molecular complexity index is 4290. The van der Waals surface area contributed by atoms with Crippen LogP contribution in [0.3, 0.4) is 0 Å². The first kappa shape index (κ1) is 56.0. The van der Waals surface area contributed by atoms with Gasteiger partial charge in [-0.25, -0.2) is 0 Å². The summed E-state index contributed by atoms with van der Waals surface area (Å²) in [7, 11) is 0. The Morgan fingerprint density at radius 2 is 0.571 bits per heavy atom. The largest absolute Gasteiger partial charge is 0.302 e. The van der Waals surface area contributed by atoms with Gasteiger partial charge in [0.25, 0.3) is 0 Å². The quantitative estimate of drug-likeness (QED) is 0.123. The first-order chi connectivity index (χ1) is 41.0. The zero-order valence-electron chi connectivity index (χ0n) is 43.8. The number of hydrogen-bond acceptors (Lipinski definition) is 16. The summed E-state index contributed by atoms with van der Waals surface area (Å²) in [5, 5.41) is 3.43. The van der Waals surface area contributed by atoms with E-state index in [1.165, 1.54) is 44.7 Å². The molecule has 18 heteroatoms. The smallest absolute Gasteiger partial charge is 0.122 e. The molecule has 0 saturated heterocycles. The van der Waals surface area contributed by atoms with E-state index in [0.29, 0.717) is 0 Å². The molecule has 7 aromatic heterocycles. The third kappa shape index (κ3) is 11.4. The Hall–Kier alpha value is -8.46. The average Bonchev–Trinajstić information content (AvgIpc) is 4.42. The molecule has 0 saturated carbocycles. The zero-order chi connectivity index (χ0) is 56.1. The van der Waals surface area contributed by atoms with Crippen LogP contribution in [-0.4, -0.2) is 37.4 Å². The molecule has 0 unspecified atom stereocenters. The maximum Gasteiger partial charge on any atom is 0.122 e. The summed E-state index contributed by atoms with van der Waals surface area (Å²) in [6.45, 7) is 2.14. The number of anilines is 9. The normalized spacial score (nSPS) is 10.9. The molecule has 0 aliphatic rings. The number of nitrogens with zero attached hydrogens (tertiary/aromatic N) is 11. The van der Waals surface area contributed by atoms with Crippen LogP contribution < -0.4 is 14.7 Å². The maximum absolute atomic E-state index is 4.94. The van der Waals surface area contributed by atoms with Gasteiger partial charge in [-0.05, 0) is 148 Å². The van der Waals surface area contributed by atoms with E-state index in [-0.39, 0.29) is 7.43 Å². The average molecular weight is 1310 g/mol. The second-order valence-corrected chi connectivity index (χ2v) is 24.5. The van der Waals surface area contributed by atoms with Crippen molar-refractivity contribution in [3.63, 3.8) is 0 Å². The second kappa shape index (κ2) is 25.6. The third-order valence-corrected chi connectivity index (χ3v) is 19.0. The van der Waals surface area contributed by atoms with Crippen molar-refractivity contribution in [2.75, 3.05) is 14.7 Å².